The average molecular weight is 221 g/mol. The zero-order valence-corrected chi connectivity index (χ0v) is 9.42. The first-order chi connectivity index (χ1) is 7.66. The first-order valence-corrected chi connectivity index (χ1v) is 5.74. The summed E-state index contributed by atoms with van der Waals surface area (Å²) in [7, 11) is 0. The summed E-state index contributed by atoms with van der Waals surface area (Å²) in [6, 6.07) is 4.84. The van der Waals surface area contributed by atoms with Crippen LogP contribution in [-0.4, -0.2) is 11.9 Å². The fraction of sp³-hybridized carbons (Fsp3) is 0.462. The van der Waals surface area contributed by atoms with E-state index in [9.17, 15) is 9.18 Å². The predicted molar refractivity (Wildman–Crippen MR) is 60.9 cm³/mol. The molecule has 0 atom stereocenters. The number of halogens is 1. The van der Waals surface area contributed by atoms with Crippen molar-refractivity contribution in [2.45, 2.75) is 38.6 Å². The molecule has 0 bridgehead atoms. The summed E-state index contributed by atoms with van der Waals surface area (Å²) in [4.78, 5) is 11.8. The van der Waals surface area contributed by atoms with Crippen LogP contribution >= 0.6 is 0 Å². The van der Waals surface area contributed by atoms with Gasteiger partial charge in [-0.2, -0.15) is 0 Å². The zero-order valence-electron chi connectivity index (χ0n) is 9.42. The molecule has 2 nitrogen and oxygen atoms in total. The molecule has 0 saturated heterocycles. The van der Waals surface area contributed by atoms with Crippen molar-refractivity contribution in [3.8, 4) is 0 Å². The van der Waals surface area contributed by atoms with Crippen molar-refractivity contribution in [3.63, 3.8) is 0 Å². The molecular formula is C13H16FNO. The average Bonchev–Trinajstić information content (AvgIpc) is 2.74. The van der Waals surface area contributed by atoms with Gasteiger partial charge >= 0.3 is 0 Å². The first kappa shape index (κ1) is 11.1. The molecule has 0 aromatic heterocycles. The van der Waals surface area contributed by atoms with E-state index in [1.807, 2.05) is 6.92 Å². The van der Waals surface area contributed by atoms with Gasteiger partial charge in [0.25, 0.3) is 5.91 Å². The lowest BCUT2D eigenvalue weighted by molar-refractivity contribution is 0.0933. The third kappa shape index (κ3) is 2.40. The molecule has 1 aromatic rings. The van der Waals surface area contributed by atoms with E-state index < -0.39 is 5.82 Å². The molecule has 0 unspecified atom stereocenters. The van der Waals surface area contributed by atoms with E-state index in [0.717, 1.165) is 31.2 Å². The van der Waals surface area contributed by atoms with Crippen LogP contribution in [0.1, 0.15) is 41.6 Å². The Labute approximate surface area is 94.9 Å². The van der Waals surface area contributed by atoms with Gasteiger partial charge in [-0.05, 0) is 31.9 Å². The van der Waals surface area contributed by atoms with E-state index in [1.54, 1.807) is 12.1 Å². The Morgan fingerprint density at radius 2 is 2.06 bits per heavy atom. The summed E-state index contributed by atoms with van der Waals surface area (Å²) in [6.07, 6.45) is 4.33. The molecule has 3 heteroatoms. The monoisotopic (exact) mass is 221 g/mol. The lowest BCUT2D eigenvalue weighted by Gasteiger charge is -2.12. The van der Waals surface area contributed by atoms with E-state index in [4.69, 9.17) is 0 Å². The maximum absolute atomic E-state index is 13.4. The molecule has 1 amide bonds. The quantitative estimate of drug-likeness (QED) is 0.817. The summed E-state index contributed by atoms with van der Waals surface area (Å²) in [6.45, 7) is 1.85. The number of carbonyl (C=O) groups is 1. The largest absolute Gasteiger partial charge is 0.349 e. The number of rotatable bonds is 2. The highest BCUT2D eigenvalue weighted by Gasteiger charge is 2.19. The van der Waals surface area contributed by atoms with Crippen LogP contribution in [0.4, 0.5) is 4.39 Å². The highest BCUT2D eigenvalue weighted by Crippen LogP contribution is 2.18. The minimum atomic E-state index is -0.443. The van der Waals surface area contributed by atoms with Gasteiger partial charge in [-0.3, -0.25) is 4.79 Å². The number of amides is 1. The van der Waals surface area contributed by atoms with Crippen LogP contribution in [0.5, 0.6) is 0 Å². The Morgan fingerprint density at radius 1 is 1.38 bits per heavy atom. The van der Waals surface area contributed by atoms with Crippen molar-refractivity contribution in [1.82, 2.24) is 5.32 Å². The van der Waals surface area contributed by atoms with E-state index in [-0.39, 0.29) is 17.5 Å². The van der Waals surface area contributed by atoms with Gasteiger partial charge in [-0.15, -0.1) is 0 Å². The number of carbonyl (C=O) groups excluding carboxylic acids is 1. The molecule has 0 radical (unpaired) electrons. The molecule has 0 aliphatic heterocycles. The van der Waals surface area contributed by atoms with Crippen LogP contribution in [0.2, 0.25) is 0 Å². The molecule has 0 heterocycles. The molecule has 1 aliphatic rings. The summed E-state index contributed by atoms with van der Waals surface area (Å²) < 4.78 is 13.4. The molecule has 1 aliphatic carbocycles. The number of benzene rings is 1. The van der Waals surface area contributed by atoms with Gasteiger partial charge in [0.1, 0.15) is 5.82 Å². The molecule has 0 spiro atoms. The van der Waals surface area contributed by atoms with Crippen LogP contribution < -0.4 is 5.32 Å². The maximum Gasteiger partial charge on any atom is 0.254 e. The summed E-state index contributed by atoms with van der Waals surface area (Å²) >= 11 is 0. The molecule has 86 valence electrons. The van der Waals surface area contributed by atoms with E-state index in [1.165, 1.54) is 6.07 Å². The normalized spacial score (nSPS) is 16.4. The van der Waals surface area contributed by atoms with Crippen molar-refractivity contribution in [3.05, 3.63) is 35.1 Å². The highest BCUT2D eigenvalue weighted by atomic mass is 19.1. The summed E-state index contributed by atoms with van der Waals surface area (Å²) in [5.41, 5.74) is 1.06. The number of aryl methyl sites for hydroxylation is 1. The highest BCUT2D eigenvalue weighted by molar-refractivity contribution is 5.94. The maximum atomic E-state index is 13.4. The standard InChI is InChI=1S/C13H16FNO/c1-9-6-7-12(14)11(8-9)13(16)15-10-4-2-3-5-10/h6-8,10H,2-5H2,1H3,(H,15,16). The third-order valence-corrected chi connectivity index (χ3v) is 3.06. The predicted octanol–water partition coefficient (Wildman–Crippen LogP) is 2.81. The van der Waals surface area contributed by atoms with Crippen molar-refractivity contribution in [1.29, 1.82) is 0 Å². The van der Waals surface area contributed by atoms with Crippen LogP contribution in [0.3, 0.4) is 0 Å². The lowest BCUT2D eigenvalue weighted by atomic mass is 10.1. The first-order valence-electron chi connectivity index (χ1n) is 5.74. The van der Waals surface area contributed by atoms with Gasteiger partial charge in [0.15, 0.2) is 0 Å². The Kier molecular flexibility index (Phi) is 3.22. The van der Waals surface area contributed by atoms with Crippen LogP contribution in [0.25, 0.3) is 0 Å². The van der Waals surface area contributed by atoms with Gasteiger partial charge < -0.3 is 5.32 Å². The molecule has 16 heavy (non-hydrogen) atoms. The van der Waals surface area contributed by atoms with E-state index in [2.05, 4.69) is 5.32 Å². The summed E-state index contributed by atoms with van der Waals surface area (Å²) in [5.74, 6) is -0.728. The second-order valence-electron chi connectivity index (χ2n) is 4.44. The van der Waals surface area contributed by atoms with Gasteiger partial charge in [0.2, 0.25) is 0 Å². The fourth-order valence-corrected chi connectivity index (χ4v) is 2.15. The second kappa shape index (κ2) is 4.64. The van der Waals surface area contributed by atoms with Gasteiger partial charge in [0, 0.05) is 6.04 Å². The SMILES string of the molecule is Cc1ccc(F)c(C(=O)NC2CCCC2)c1. The zero-order chi connectivity index (χ0) is 11.5. The van der Waals surface area contributed by atoms with Crippen molar-refractivity contribution < 1.29 is 9.18 Å². The van der Waals surface area contributed by atoms with Crippen molar-refractivity contribution >= 4 is 5.91 Å². The molecule has 1 N–H and O–H groups in total. The smallest absolute Gasteiger partial charge is 0.254 e. The fourth-order valence-electron chi connectivity index (χ4n) is 2.15. The topological polar surface area (TPSA) is 29.1 Å². The Morgan fingerprint density at radius 3 is 2.75 bits per heavy atom. The number of hydrogen-bond donors (Lipinski definition) is 1. The Bertz CT molecular complexity index is 397. The van der Waals surface area contributed by atoms with Crippen molar-refractivity contribution in [2.24, 2.45) is 0 Å². The van der Waals surface area contributed by atoms with Gasteiger partial charge in [0.05, 0.1) is 5.56 Å². The third-order valence-electron chi connectivity index (χ3n) is 3.06. The van der Waals surface area contributed by atoms with Crippen LogP contribution in [-0.2, 0) is 0 Å². The van der Waals surface area contributed by atoms with Gasteiger partial charge in [-0.1, -0.05) is 24.5 Å². The van der Waals surface area contributed by atoms with Crippen LogP contribution in [0, 0.1) is 12.7 Å². The molecule has 1 saturated carbocycles. The second-order valence-corrected chi connectivity index (χ2v) is 4.44. The van der Waals surface area contributed by atoms with Crippen molar-refractivity contribution in [2.75, 3.05) is 0 Å². The molecular weight excluding hydrogens is 205 g/mol. The number of nitrogens with one attached hydrogen (secondary N) is 1. The minimum absolute atomic E-state index is 0.159. The lowest BCUT2D eigenvalue weighted by Crippen LogP contribution is -2.33. The van der Waals surface area contributed by atoms with Gasteiger partial charge in [-0.25, -0.2) is 4.39 Å². The molecule has 1 aromatic carbocycles. The Balaban J connectivity index is 2.10. The Hall–Kier alpha value is -1.38. The van der Waals surface area contributed by atoms with E-state index in [0.29, 0.717) is 0 Å². The van der Waals surface area contributed by atoms with Crippen LogP contribution in [0.15, 0.2) is 18.2 Å². The molecule has 1 fully saturated rings. The number of hydrogen-bond acceptors (Lipinski definition) is 1. The summed E-state index contributed by atoms with van der Waals surface area (Å²) in [5, 5.41) is 2.88. The molecule has 2 rings (SSSR count). The van der Waals surface area contributed by atoms with E-state index >= 15 is 0 Å². The minimum Gasteiger partial charge on any atom is -0.349 e.